The molecule has 1 fully saturated rings. The van der Waals surface area contributed by atoms with E-state index in [0.29, 0.717) is 24.8 Å². The minimum atomic E-state index is -3.83. The highest BCUT2D eigenvalue weighted by molar-refractivity contribution is 7.89. The molecule has 1 aliphatic heterocycles. The van der Waals surface area contributed by atoms with E-state index in [4.69, 9.17) is 4.74 Å². The summed E-state index contributed by atoms with van der Waals surface area (Å²) >= 11 is 0. The van der Waals surface area contributed by atoms with E-state index in [1.165, 1.54) is 43.2 Å². The molecule has 2 aliphatic rings. The summed E-state index contributed by atoms with van der Waals surface area (Å²) in [6.07, 6.45) is 6.42. The predicted octanol–water partition coefficient (Wildman–Crippen LogP) is 4.49. The first-order valence-corrected chi connectivity index (χ1v) is 13.4. The van der Waals surface area contributed by atoms with Crippen molar-refractivity contribution in [2.75, 3.05) is 20.2 Å². The molecule has 1 amide bonds. The van der Waals surface area contributed by atoms with Crippen LogP contribution in [0.5, 0.6) is 5.75 Å². The van der Waals surface area contributed by atoms with Crippen LogP contribution in [0.3, 0.4) is 0 Å². The molecular formula is C26H34N2O4S. The molecule has 1 heterocycles. The summed E-state index contributed by atoms with van der Waals surface area (Å²) in [5, 5.41) is 0. The quantitative estimate of drug-likeness (QED) is 0.675. The number of piperidine rings is 1. The molecule has 2 aromatic carbocycles. The van der Waals surface area contributed by atoms with Gasteiger partial charge in [-0.05, 0) is 86.3 Å². The van der Waals surface area contributed by atoms with Crippen LogP contribution < -0.4 is 9.46 Å². The summed E-state index contributed by atoms with van der Waals surface area (Å²) in [5.41, 5.74) is 3.92. The number of fused-ring (bicyclic) bond motifs is 1. The number of rotatable bonds is 6. The molecular weight excluding hydrogens is 436 g/mol. The molecule has 0 aromatic heterocycles. The van der Waals surface area contributed by atoms with Crippen LogP contribution in [0.2, 0.25) is 0 Å². The number of nitrogens with zero attached hydrogens (tertiary/aromatic N) is 1. The molecule has 6 nitrogen and oxygen atoms in total. The Morgan fingerprint density at radius 1 is 1.06 bits per heavy atom. The topological polar surface area (TPSA) is 75.7 Å². The second-order valence-corrected chi connectivity index (χ2v) is 11.1. The Bertz CT molecular complexity index is 1120. The average Bonchev–Trinajstić information content (AvgIpc) is 2.83. The maximum absolute atomic E-state index is 13.2. The van der Waals surface area contributed by atoms with Crippen molar-refractivity contribution in [2.45, 2.75) is 63.3 Å². The third kappa shape index (κ3) is 5.25. The third-order valence-electron chi connectivity index (χ3n) is 6.99. The summed E-state index contributed by atoms with van der Waals surface area (Å²) in [6, 6.07) is 10.4. The number of nitrogens with one attached hydrogen (secondary N) is 1. The number of likely N-dealkylation sites (tertiary alicyclic amines) is 1. The van der Waals surface area contributed by atoms with E-state index in [2.05, 4.69) is 23.8 Å². The van der Waals surface area contributed by atoms with Crippen molar-refractivity contribution in [2.24, 2.45) is 5.92 Å². The van der Waals surface area contributed by atoms with E-state index in [9.17, 15) is 13.2 Å². The lowest BCUT2D eigenvalue weighted by molar-refractivity contribution is 0.0693. The maximum atomic E-state index is 13.2. The van der Waals surface area contributed by atoms with Gasteiger partial charge in [0, 0.05) is 19.1 Å². The fourth-order valence-corrected chi connectivity index (χ4v) is 6.05. The first-order chi connectivity index (χ1) is 15.8. The summed E-state index contributed by atoms with van der Waals surface area (Å²) in [6.45, 7) is 5.39. The van der Waals surface area contributed by atoms with Crippen molar-refractivity contribution in [1.29, 1.82) is 0 Å². The smallest absolute Gasteiger partial charge is 0.257 e. The van der Waals surface area contributed by atoms with E-state index in [1.54, 1.807) is 11.0 Å². The summed E-state index contributed by atoms with van der Waals surface area (Å²) in [7, 11) is -2.33. The number of hydrogen-bond acceptors (Lipinski definition) is 4. The monoisotopic (exact) mass is 470 g/mol. The maximum Gasteiger partial charge on any atom is 0.257 e. The van der Waals surface area contributed by atoms with Crippen molar-refractivity contribution < 1.29 is 17.9 Å². The molecule has 1 saturated heterocycles. The van der Waals surface area contributed by atoms with Gasteiger partial charge >= 0.3 is 0 Å². The van der Waals surface area contributed by atoms with Crippen LogP contribution >= 0.6 is 0 Å². The van der Waals surface area contributed by atoms with E-state index in [1.807, 2.05) is 13.0 Å². The van der Waals surface area contributed by atoms with Crippen LogP contribution in [-0.4, -0.2) is 39.4 Å². The van der Waals surface area contributed by atoms with Gasteiger partial charge in [-0.1, -0.05) is 25.1 Å². The number of hydrogen-bond donors (Lipinski definition) is 1. The number of ether oxygens (including phenoxy) is 1. The predicted molar refractivity (Wildman–Crippen MR) is 129 cm³/mol. The second-order valence-electron chi connectivity index (χ2n) is 9.42. The van der Waals surface area contributed by atoms with Crippen molar-refractivity contribution >= 4 is 15.9 Å². The molecule has 1 N–H and O–H groups in total. The van der Waals surface area contributed by atoms with E-state index in [-0.39, 0.29) is 22.4 Å². The van der Waals surface area contributed by atoms with Gasteiger partial charge in [-0.15, -0.1) is 0 Å². The highest BCUT2D eigenvalue weighted by atomic mass is 32.2. The molecule has 0 bridgehead atoms. The molecule has 0 saturated carbocycles. The number of sulfonamides is 1. The molecule has 2 aromatic rings. The second kappa shape index (κ2) is 9.85. The third-order valence-corrected chi connectivity index (χ3v) is 8.53. The fourth-order valence-electron chi connectivity index (χ4n) is 4.79. The zero-order valence-corrected chi connectivity index (χ0v) is 20.6. The molecule has 0 unspecified atom stereocenters. The summed E-state index contributed by atoms with van der Waals surface area (Å²) < 4.78 is 34.6. The van der Waals surface area contributed by atoms with Gasteiger partial charge < -0.3 is 9.64 Å². The standard InChI is InChI=1S/C26H34N2O4S/c1-18-12-14-28(15-13-18)26(29)24-17-23(10-11-25(24)32-3)33(30,31)27-19(2)21-9-8-20-6-4-5-7-22(20)16-21/h8-11,16-19,27H,4-7,12-15H2,1-3H3/t19-/m1/s1. The highest BCUT2D eigenvalue weighted by Crippen LogP contribution is 2.28. The lowest BCUT2D eigenvalue weighted by Gasteiger charge is -2.30. The highest BCUT2D eigenvalue weighted by Gasteiger charge is 2.27. The Labute approximate surface area is 197 Å². The van der Waals surface area contributed by atoms with Crippen molar-refractivity contribution in [3.63, 3.8) is 0 Å². The van der Waals surface area contributed by atoms with Gasteiger partial charge in [0.05, 0.1) is 17.6 Å². The Morgan fingerprint density at radius 3 is 2.45 bits per heavy atom. The van der Waals surface area contributed by atoms with Crippen LogP contribution in [0, 0.1) is 5.92 Å². The molecule has 1 aliphatic carbocycles. The fraction of sp³-hybridized carbons (Fsp3) is 0.500. The first-order valence-electron chi connectivity index (χ1n) is 11.9. The number of amides is 1. The molecule has 0 spiro atoms. The summed E-state index contributed by atoms with van der Waals surface area (Å²) in [4.78, 5) is 15.0. The lowest BCUT2D eigenvalue weighted by Crippen LogP contribution is -2.38. The van der Waals surface area contributed by atoms with Gasteiger partial charge in [0.2, 0.25) is 10.0 Å². The van der Waals surface area contributed by atoms with Crippen LogP contribution in [0.1, 0.15) is 72.6 Å². The Morgan fingerprint density at radius 2 is 1.76 bits per heavy atom. The largest absolute Gasteiger partial charge is 0.496 e. The number of carbonyl (C=O) groups excluding carboxylic acids is 1. The van der Waals surface area contributed by atoms with E-state index < -0.39 is 10.0 Å². The Kier molecular flexibility index (Phi) is 7.10. The number of carbonyl (C=O) groups is 1. The SMILES string of the molecule is COc1ccc(S(=O)(=O)N[C@H](C)c2ccc3c(c2)CCCC3)cc1C(=O)N1CCC(C)CC1. The average molecular weight is 471 g/mol. The number of benzene rings is 2. The number of methoxy groups -OCH3 is 1. The van der Waals surface area contributed by atoms with Crippen LogP contribution in [0.15, 0.2) is 41.3 Å². The van der Waals surface area contributed by atoms with E-state index in [0.717, 1.165) is 31.2 Å². The molecule has 7 heteroatoms. The van der Waals surface area contributed by atoms with Gasteiger partial charge in [-0.3, -0.25) is 4.79 Å². The molecule has 178 valence electrons. The van der Waals surface area contributed by atoms with Crippen LogP contribution in [-0.2, 0) is 22.9 Å². The number of aryl methyl sites for hydroxylation is 2. The van der Waals surface area contributed by atoms with Gasteiger partial charge in [-0.25, -0.2) is 13.1 Å². The Hall–Kier alpha value is -2.38. The minimum Gasteiger partial charge on any atom is -0.496 e. The normalized spacial score (nSPS) is 18.0. The summed E-state index contributed by atoms with van der Waals surface area (Å²) in [5.74, 6) is 0.802. The minimum absolute atomic E-state index is 0.0711. The first kappa shape index (κ1) is 23.8. The van der Waals surface area contributed by atoms with Gasteiger partial charge in [0.1, 0.15) is 5.75 Å². The molecule has 0 radical (unpaired) electrons. The van der Waals surface area contributed by atoms with Gasteiger partial charge in [0.15, 0.2) is 0 Å². The zero-order valence-electron chi connectivity index (χ0n) is 19.8. The van der Waals surface area contributed by atoms with E-state index >= 15 is 0 Å². The van der Waals surface area contributed by atoms with Crippen LogP contribution in [0.4, 0.5) is 0 Å². The molecule has 1 atom stereocenters. The molecule has 33 heavy (non-hydrogen) atoms. The van der Waals surface area contributed by atoms with Crippen molar-refractivity contribution in [3.8, 4) is 5.75 Å². The van der Waals surface area contributed by atoms with Crippen LogP contribution in [0.25, 0.3) is 0 Å². The van der Waals surface area contributed by atoms with Crippen molar-refractivity contribution in [3.05, 3.63) is 58.7 Å². The lowest BCUT2D eigenvalue weighted by atomic mass is 9.89. The Balaban J connectivity index is 1.56. The molecule has 4 rings (SSSR count). The van der Waals surface area contributed by atoms with Crippen molar-refractivity contribution in [1.82, 2.24) is 9.62 Å². The van der Waals surface area contributed by atoms with Gasteiger partial charge in [-0.2, -0.15) is 0 Å². The zero-order chi connectivity index (χ0) is 23.6. The van der Waals surface area contributed by atoms with Gasteiger partial charge in [0.25, 0.3) is 5.91 Å².